The highest BCUT2D eigenvalue weighted by Gasteiger charge is 2.14. The van der Waals surface area contributed by atoms with Gasteiger partial charge in [0, 0.05) is 28.1 Å². The number of nitrogens with one attached hydrogen (secondary N) is 1. The molecular formula is C25H24BrN3O2. The molecule has 0 radical (unpaired) electrons. The lowest BCUT2D eigenvalue weighted by Gasteiger charge is -2.11. The van der Waals surface area contributed by atoms with Gasteiger partial charge in [-0.15, -0.1) is 0 Å². The Morgan fingerprint density at radius 2 is 1.87 bits per heavy atom. The van der Waals surface area contributed by atoms with Gasteiger partial charge in [0.2, 0.25) is 0 Å². The third kappa shape index (κ3) is 5.07. The molecule has 0 aliphatic heterocycles. The van der Waals surface area contributed by atoms with Crippen molar-refractivity contribution in [1.82, 2.24) is 9.88 Å². The van der Waals surface area contributed by atoms with E-state index in [0.717, 1.165) is 44.0 Å². The van der Waals surface area contributed by atoms with Crippen molar-refractivity contribution in [1.29, 1.82) is 5.26 Å². The van der Waals surface area contributed by atoms with Crippen molar-refractivity contribution in [3.05, 3.63) is 86.7 Å². The molecule has 5 nitrogen and oxygen atoms in total. The van der Waals surface area contributed by atoms with E-state index in [2.05, 4.69) is 31.9 Å². The molecule has 0 aliphatic carbocycles. The zero-order chi connectivity index (χ0) is 22.5. The monoisotopic (exact) mass is 477 g/mol. The van der Waals surface area contributed by atoms with Gasteiger partial charge in [-0.3, -0.25) is 4.79 Å². The molecule has 0 fully saturated rings. The maximum absolute atomic E-state index is 12.6. The lowest BCUT2D eigenvalue weighted by atomic mass is 10.1. The zero-order valence-electron chi connectivity index (χ0n) is 18.0. The molecule has 0 atom stereocenters. The van der Waals surface area contributed by atoms with Crippen LogP contribution in [0.4, 0.5) is 0 Å². The standard InChI is InChI=1S/C25H24BrN3O2/c1-16-11-22(7-10-24(16)26)29-17(2)12-20(18(29)3)13-21(14-27)25(30)28-15-19-5-8-23(31-4)9-6-19/h5-13H,15H2,1-4H3,(H,28,30)/b21-13-. The van der Waals surface area contributed by atoms with E-state index >= 15 is 0 Å². The summed E-state index contributed by atoms with van der Waals surface area (Å²) in [4.78, 5) is 12.6. The lowest BCUT2D eigenvalue weighted by molar-refractivity contribution is -0.117. The van der Waals surface area contributed by atoms with Crippen molar-refractivity contribution >= 4 is 27.9 Å². The predicted molar refractivity (Wildman–Crippen MR) is 126 cm³/mol. The van der Waals surface area contributed by atoms with E-state index in [1.165, 1.54) is 0 Å². The summed E-state index contributed by atoms with van der Waals surface area (Å²) in [7, 11) is 1.61. The van der Waals surface area contributed by atoms with E-state index in [1.54, 1.807) is 13.2 Å². The first kappa shape index (κ1) is 22.4. The Labute approximate surface area is 191 Å². The van der Waals surface area contributed by atoms with Gasteiger partial charge in [0.1, 0.15) is 17.4 Å². The Morgan fingerprint density at radius 1 is 1.16 bits per heavy atom. The Balaban J connectivity index is 1.82. The molecule has 6 heteroatoms. The second kappa shape index (κ2) is 9.67. The molecule has 0 bridgehead atoms. The number of methoxy groups -OCH3 is 1. The summed E-state index contributed by atoms with van der Waals surface area (Å²) in [6, 6.07) is 17.6. The van der Waals surface area contributed by atoms with Crippen LogP contribution in [0.1, 0.15) is 28.1 Å². The molecule has 0 saturated carbocycles. The van der Waals surface area contributed by atoms with Gasteiger partial charge in [0.15, 0.2) is 0 Å². The molecule has 0 aliphatic rings. The van der Waals surface area contributed by atoms with Crippen LogP contribution in [0.2, 0.25) is 0 Å². The number of amides is 1. The van der Waals surface area contributed by atoms with Crippen molar-refractivity contribution in [2.24, 2.45) is 0 Å². The number of halogens is 1. The van der Waals surface area contributed by atoms with Crippen molar-refractivity contribution in [3.63, 3.8) is 0 Å². The van der Waals surface area contributed by atoms with E-state index in [0.29, 0.717) is 6.54 Å². The second-order valence-corrected chi connectivity index (χ2v) is 8.15. The van der Waals surface area contributed by atoms with Gasteiger partial charge in [-0.1, -0.05) is 28.1 Å². The number of nitriles is 1. The molecule has 0 saturated heterocycles. The highest BCUT2D eigenvalue weighted by molar-refractivity contribution is 9.10. The number of aromatic nitrogens is 1. The Hall–Kier alpha value is -3.30. The molecule has 2 aromatic carbocycles. The van der Waals surface area contributed by atoms with Gasteiger partial charge in [-0.05, 0) is 79.9 Å². The minimum absolute atomic E-state index is 0.0701. The molecule has 0 unspecified atom stereocenters. The van der Waals surface area contributed by atoms with Crippen LogP contribution in [0.15, 0.2) is 58.6 Å². The summed E-state index contributed by atoms with van der Waals surface area (Å²) in [6.07, 6.45) is 1.65. The van der Waals surface area contributed by atoms with E-state index < -0.39 is 5.91 Å². The normalized spacial score (nSPS) is 11.2. The van der Waals surface area contributed by atoms with Crippen molar-refractivity contribution in [3.8, 4) is 17.5 Å². The van der Waals surface area contributed by atoms with Crippen LogP contribution in [0.3, 0.4) is 0 Å². The van der Waals surface area contributed by atoms with E-state index in [1.807, 2.05) is 69.3 Å². The Morgan fingerprint density at radius 3 is 2.48 bits per heavy atom. The number of carbonyl (C=O) groups excluding carboxylic acids is 1. The SMILES string of the molecule is COc1ccc(CNC(=O)/C(C#N)=C\c2cc(C)n(-c3ccc(Br)c(C)c3)c2C)cc1. The van der Waals surface area contributed by atoms with Crippen molar-refractivity contribution < 1.29 is 9.53 Å². The van der Waals surface area contributed by atoms with Gasteiger partial charge in [-0.2, -0.15) is 5.26 Å². The Bertz CT molecular complexity index is 1180. The quantitative estimate of drug-likeness (QED) is 0.381. The third-order valence-corrected chi connectivity index (χ3v) is 6.04. The molecule has 1 N–H and O–H groups in total. The summed E-state index contributed by atoms with van der Waals surface area (Å²) >= 11 is 3.54. The van der Waals surface area contributed by atoms with Gasteiger partial charge < -0.3 is 14.6 Å². The minimum atomic E-state index is -0.400. The van der Waals surface area contributed by atoms with Crippen LogP contribution in [-0.4, -0.2) is 17.6 Å². The second-order valence-electron chi connectivity index (χ2n) is 7.30. The predicted octanol–water partition coefficient (Wildman–Crippen LogP) is 5.40. The summed E-state index contributed by atoms with van der Waals surface area (Å²) < 4.78 is 8.32. The summed E-state index contributed by atoms with van der Waals surface area (Å²) in [5.74, 6) is 0.353. The van der Waals surface area contributed by atoms with E-state index in [4.69, 9.17) is 4.74 Å². The molecule has 31 heavy (non-hydrogen) atoms. The topological polar surface area (TPSA) is 67.0 Å². The van der Waals surface area contributed by atoms with Crippen LogP contribution in [0.5, 0.6) is 5.75 Å². The van der Waals surface area contributed by atoms with Crippen LogP contribution >= 0.6 is 15.9 Å². The minimum Gasteiger partial charge on any atom is -0.497 e. The number of ether oxygens (including phenoxy) is 1. The highest BCUT2D eigenvalue weighted by atomic mass is 79.9. The van der Waals surface area contributed by atoms with Crippen LogP contribution in [-0.2, 0) is 11.3 Å². The van der Waals surface area contributed by atoms with Crippen molar-refractivity contribution in [2.75, 3.05) is 7.11 Å². The first-order valence-electron chi connectivity index (χ1n) is 9.82. The summed E-state index contributed by atoms with van der Waals surface area (Å²) in [6.45, 7) is 6.38. The average molecular weight is 478 g/mol. The van der Waals surface area contributed by atoms with Gasteiger partial charge >= 0.3 is 0 Å². The first-order chi connectivity index (χ1) is 14.8. The number of aryl methyl sites for hydroxylation is 2. The number of rotatable bonds is 6. The van der Waals surface area contributed by atoms with Crippen LogP contribution < -0.4 is 10.1 Å². The molecule has 158 valence electrons. The van der Waals surface area contributed by atoms with Crippen LogP contribution in [0.25, 0.3) is 11.8 Å². The first-order valence-corrected chi connectivity index (χ1v) is 10.6. The number of benzene rings is 2. The molecule has 0 spiro atoms. The van der Waals surface area contributed by atoms with E-state index in [-0.39, 0.29) is 5.57 Å². The van der Waals surface area contributed by atoms with Gasteiger partial charge in [0.05, 0.1) is 7.11 Å². The smallest absolute Gasteiger partial charge is 0.262 e. The summed E-state index contributed by atoms with van der Waals surface area (Å²) in [5, 5.41) is 12.4. The average Bonchev–Trinajstić information content (AvgIpc) is 3.05. The molecule has 1 heterocycles. The molecule has 1 aromatic heterocycles. The molecule has 3 aromatic rings. The van der Waals surface area contributed by atoms with E-state index in [9.17, 15) is 10.1 Å². The fraction of sp³-hybridized carbons (Fsp3) is 0.200. The largest absolute Gasteiger partial charge is 0.497 e. The highest BCUT2D eigenvalue weighted by Crippen LogP contribution is 2.26. The Kier molecular flexibility index (Phi) is 6.98. The zero-order valence-corrected chi connectivity index (χ0v) is 19.6. The molecule has 1 amide bonds. The molecule has 3 rings (SSSR count). The van der Waals surface area contributed by atoms with Gasteiger partial charge in [0.25, 0.3) is 5.91 Å². The number of hydrogen-bond acceptors (Lipinski definition) is 3. The molecular weight excluding hydrogens is 454 g/mol. The third-order valence-electron chi connectivity index (χ3n) is 5.15. The lowest BCUT2D eigenvalue weighted by Crippen LogP contribution is -2.23. The van der Waals surface area contributed by atoms with Crippen LogP contribution in [0, 0.1) is 32.1 Å². The van der Waals surface area contributed by atoms with Gasteiger partial charge in [-0.25, -0.2) is 0 Å². The maximum atomic E-state index is 12.6. The summed E-state index contributed by atoms with van der Waals surface area (Å²) in [5.41, 5.74) is 6.01. The maximum Gasteiger partial charge on any atom is 0.262 e. The fourth-order valence-corrected chi connectivity index (χ4v) is 3.67. The number of carbonyl (C=O) groups is 1. The van der Waals surface area contributed by atoms with Crippen molar-refractivity contribution in [2.45, 2.75) is 27.3 Å². The number of nitrogens with zero attached hydrogens (tertiary/aromatic N) is 2. The fourth-order valence-electron chi connectivity index (χ4n) is 3.42. The number of hydrogen-bond donors (Lipinski definition) is 1.